The van der Waals surface area contributed by atoms with Gasteiger partial charge in [-0.3, -0.25) is 19.2 Å². The maximum atomic E-state index is 11.7. The molecular weight excluding hydrogens is 392 g/mol. The van der Waals surface area contributed by atoms with Gasteiger partial charge in [-0.05, 0) is 0 Å². The Morgan fingerprint density at radius 1 is 1.03 bits per heavy atom. The van der Waals surface area contributed by atoms with Gasteiger partial charge in [0.2, 0.25) is 5.91 Å². The van der Waals surface area contributed by atoms with Crippen molar-refractivity contribution in [3.8, 4) is 0 Å². The van der Waals surface area contributed by atoms with Crippen molar-refractivity contribution < 1.29 is 47.7 Å². The molecule has 0 aromatic heterocycles. The number of nitrogens with two attached hydrogens (primary N) is 1. The lowest BCUT2D eigenvalue weighted by Crippen LogP contribution is -2.66. The minimum Gasteiger partial charge on any atom is -0.463 e. The number of ether oxygens (including phenoxy) is 5. The van der Waals surface area contributed by atoms with Crippen LogP contribution in [0, 0.1) is 0 Å². The molecule has 1 saturated heterocycles. The van der Waals surface area contributed by atoms with E-state index in [4.69, 9.17) is 29.4 Å². The Kier molecular flexibility index (Phi) is 9.65. The zero-order chi connectivity index (χ0) is 22.1. The molecule has 0 saturated carbocycles. The van der Waals surface area contributed by atoms with E-state index in [1.807, 2.05) is 0 Å². The molecule has 3 N–H and O–H groups in total. The number of amides is 1. The van der Waals surface area contributed by atoms with Gasteiger partial charge in [0.05, 0.1) is 12.6 Å². The van der Waals surface area contributed by atoms with Gasteiger partial charge in [0, 0.05) is 27.7 Å². The molecule has 0 bridgehead atoms. The van der Waals surface area contributed by atoms with Gasteiger partial charge in [-0.1, -0.05) is 0 Å². The van der Waals surface area contributed by atoms with Crippen molar-refractivity contribution in [2.45, 2.75) is 64.4 Å². The van der Waals surface area contributed by atoms with Crippen LogP contribution in [-0.4, -0.2) is 80.0 Å². The van der Waals surface area contributed by atoms with Gasteiger partial charge in [0.15, 0.2) is 18.5 Å². The molecule has 0 spiro atoms. The summed E-state index contributed by atoms with van der Waals surface area (Å²) in [5, 5.41) is 2.52. The average Bonchev–Trinajstić information content (AvgIpc) is 2.60. The SMILES string of the molecule is CC(=O)N[C@@H]1C(OC[C@H](N)C=O)OC(COC(C)=O)[C@@H](OC(C)=O)C1OC(C)=O. The van der Waals surface area contributed by atoms with E-state index in [0.29, 0.717) is 6.29 Å². The summed E-state index contributed by atoms with van der Waals surface area (Å²) in [7, 11) is 0. The highest BCUT2D eigenvalue weighted by Gasteiger charge is 2.51. The fourth-order valence-electron chi connectivity index (χ4n) is 2.68. The van der Waals surface area contributed by atoms with Crippen LogP contribution in [0.5, 0.6) is 0 Å². The number of carbonyl (C=O) groups excluding carboxylic acids is 5. The lowest BCUT2D eigenvalue weighted by molar-refractivity contribution is -0.278. The van der Waals surface area contributed by atoms with E-state index in [2.05, 4.69) is 5.32 Å². The number of carbonyl (C=O) groups is 5. The molecule has 1 heterocycles. The Hall–Kier alpha value is -2.57. The molecular formula is C17H26N2O10. The second kappa shape index (κ2) is 11.4. The number of rotatable bonds is 9. The van der Waals surface area contributed by atoms with E-state index in [1.165, 1.54) is 13.8 Å². The number of hydrogen-bond acceptors (Lipinski definition) is 11. The predicted molar refractivity (Wildman–Crippen MR) is 94.0 cm³/mol. The van der Waals surface area contributed by atoms with Gasteiger partial charge in [-0.25, -0.2) is 0 Å². The Morgan fingerprint density at radius 3 is 2.10 bits per heavy atom. The standard InChI is InChI=1S/C17H26N2O10/c1-8(21)19-14-16(28-11(4)24)15(27-10(3)23)13(7-25-9(2)22)29-17(14)26-6-12(18)5-20/h5,12-17H,6-7,18H2,1-4H3,(H,19,21)/t12-,13?,14+,15-,16?,17?/m1/s1. The van der Waals surface area contributed by atoms with Gasteiger partial charge in [-0.2, -0.15) is 0 Å². The molecule has 0 aromatic rings. The van der Waals surface area contributed by atoms with Crippen molar-refractivity contribution >= 4 is 30.1 Å². The van der Waals surface area contributed by atoms with Gasteiger partial charge >= 0.3 is 17.9 Å². The summed E-state index contributed by atoms with van der Waals surface area (Å²) in [4.78, 5) is 56.9. The third kappa shape index (κ3) is 8.13. The first-order valence-corrected chi connectivity index (χ1v) is 8.78. The lowest BCUT2D eigenvalue weighted by Gasteiger charge is -2.45. The summed E-state index contributed by atoms with van der Waals surface area (Å²) in [6.45, 7) is 4.03. The molecule has 164 valence electrons. The van der Waals surface area contributed by atoms with Crippen LogP contribution in [0.25, 0.3) is 0 Å². The zero-order valence-corrected chi connectivity index (χ0v) is 16.6. The smallest absolute Gasteiger partial charge is 0.303 e. The van der Waals surface area contributed by atoms with Crippen molar-refractivity contribution in [3.63, 3.8) is 0 Å². The highest BCUT2D eigenvalue weighted by atomic mass is 16.7. The summed E-state index contributed by atoms with van der Waals surface area (Å²) in [5.74, 6) is -2.57. The molecule has 1 fully saturated rings. The maximum absolute atomic E-state index is 11.7. The molecule has 29 heavy (non-hydrogen) atoms. The summed E-state index contributed by atoms with van der Waals surface area (Å²) in [6, 6.07) is -2.07. The monoisotopic (exact) mass is 418 g/mol. The van der Waals surface area contributed by atoms with Gasteiger partial charge in [-0.15, -0.1) is 0 Å². The second-order valence-electron chi connectivity index (χ2n) is 6.35. The zero-order valence-electron chi connectivity index (χ0n) is 16.6. The van der Waals surface area contributed by atoms with E-state index in [1.54, 1.807) is 0 Å². The van der Waals surface area contributed by atoms with Crippen molar-refractivity contribution in [3.05, 3.63) is 0 Å². The molecule has 12 heteroatoms. The second-order valence-corrected chi connectivity index (χ2v) is 6.35. The van der Waals surface area contributed by atoms with Gasteiger partial charge in [0.1, 0.15) is 25.0 Å². The maximum Gasteiger partial charge on any atom is 0.303 e. The molecule has 6 atom stereocenters. The minimum absolute atomic E-state index is 0.268. The molecule has 1 rings (SSSR count). The predicted octanol–water partition coefficient (Wildman–Crippen LogP) is -1.81. The fourth-order valence-corrected chi connectivity index (χ4v) is 2.68. The van der Waals surface area contributed by atoms with E-state index < -0.39 is 60.5 Å². The molecule has 0 radical (unpaired) electrons. The summed E-state index contributed by atoms with van der Waals surface area (Å²) >= 11 is 0. The highest BCUT2D eigenvalue weighted by Crippen LogP contribution is 2.28. The third-order valence-electron chi connectivity index (χ3n) is 3.70. The van der Waals surface area contributed by atoms with Crippen LogP contribution in [0.3, 0.4) is 0 Å². The molecule has 1 aliphatic heterocycles. The molecule has 3 unspecified atom stereocenters. The molecule has 0 aromatic carbocycles. The van der Waals surface area contributed by atoms with Crippen LogP contribution in [0.15, 0.2) is 0 Å². The molecule has 1 amide bonds. The number of hydrogen-bond donors (Lipinski definition) is 2. The summed E-state index contributed by atoms with van der Waals surface area (Å²) in [6.07, 6.45) is -4.33. The molecule has 12 nitrogen and oxygen atoms in total. The van der Waals surface area contributed by atoms with Crippen LogP contribution < -0.4 is 11.1 Å². The Bertz CT molecular complexity index is 625. The van der Waals surface area contributed by atoms with E-state index >= 15 is 0 Å². The quantitative estimate of drug-likeness (QED) is 0.246. The first-order chi connectivity index (χ1) is 13.5. The fraction of sp³-hybridized carbons (Fsp3) is 0.706. The normalized spacial score (nSPS) is 27.3. The summed E-state index contributed by atoms with van der Waals surface area (Å²) < 4.78 is 26.7. The third-order valence-corrected chi connectivity index (χ3v) is 3.70. The lowest BCUT2D eigenvalue weighted by atomic mass is 9.96. The first kappa shape index (κ1) is 24.5. The molecule has 0 aliphatic carbocycles. The average molecular weight is 418 g/mol. The van der Waals surface area contributed by atoms with Crippen molar-refractivity contribution in [1.29, 1.82) is 0 Å². The van der Waals surface area contributed by atoms with Crippen molar-refractivity contribution in [1.82, 2.24) is 5.32 Å². The Balaban J connectivity index is 3.26. The van der Waals surface area contributed by atoms with Crippen LogP contribution in [0.2, 0.25) is 0 Å². The topological polar surface area (TPSA) is 170 Å². The number of nitrogens with one attached hydrogen (secondary N) is 1. The van der Waals surface area contributed by atoms with Gasteiger partial charge in [0.25, 0.3) is 0 Å². The van der Waals surface area contributed by atoms with Crippen molar-refractivity contribution in [2.75, 3.05) is 13.2 Å². The Morgan fingerprint density at radius 2 is 1.62 bits per heavy atom. The molecule has 1 aliphatic rings. The van der Waals surface area contributed by atoms with Crippen molar-refractivity contribution in [2.24, 2.45) is 5.73 Å². The van der Waals surface area contributed by atoms with Gasteiger partial charge < -0.3 is 39.5 Å². The van der Waals surface area contributed by atoms with Crippen LogP contribution in [-0.2, 0) is 47.7 Å². The summed E-state index contributed by atoms with van der Waals surface area (Å²) in [5.41, 5.74) is 5.52. The van der Waals surface area contributed by atoms with E-state index in [-0.39, 0.29) is 13.2 Å². The largest absolute Gasteiger partial charge is 0.463 e. The van der Waals surface area contributed by atoms with Crippen LogP contribution >= 0.6 is 0 Å². The van der Waals surface area contributed by atoms with Crippen LogP contribution in [0.4, 0.5) is 0 Å². The first-order valence-electron chi connectivity index (χ1n) is 8.78. The number of esters is 3. The highest BCUT2D eigenvalue weighted by molar-refractivity contribution is 5.73. The Labute approximate surface area is 167 Å². The van der Waals surface area contributed by atoms with Crippen LogP contribution in [0.1, 0.15) is 27.7 Å². The van der Waals surface area contributed by atoms with E-state index in [0.717, 1.165) is 13.8 Å². The number of aldehydes is 1. The van der Waals surface area contributed by atoms with E-state index in [9.17, 15) is 24.0 Å². The minimum atomic E-state index is -1.25.